The van der Waals surface area contributed by atoms with E-state index in [2.05, 4.69) is 10.3 Å². The van der Waals surface area contributed by atoms with Gasteiger partial charge in [-0.1, -0.05) is 6.07 Å². The molecule has 1 saturated heterocycles. The summed E-state index contributed by atoms with van der Waals surface area (Å²) in [7, 11) is 3.90. The molecule has 1 aliphatic rings. The number of carbonyl (C=O) groups is 1. The van der Waals surface area contributed by atoms with Gasteiger partial charge in [0.2, 0.25) is 0 Å². The number of hydrogen-bond acceptors (Lipinski definition) is 4. The number of nitrogens with zero attached hydrogens (tertiary/aromatic N) is 3. The predicted octanol–water partition coefficient (Wildman–Crippen LogP) is 1.47. The second kappa shape index (κ2) is 6.76. The van der Waals surface area contributed by atoms with Crippen LogP contribution in [-0.2, 0) is 11.3 Å². The minimum absolute atomic E-state index is 0.0475. The number of pyridine rings is 1. The Morgan fingerprint density at radius 3 is 2.57 bits per heavy atom. The van der Waals surface area contributed by atoms with Crippen molar-refractivity contribution in [3.05, 3.63) is 23.9 Å². The molecule has 1 aromatic heterocycles. The molecule has 116 valence electrons. The Morgan fingerprint density at radius 2 is 2.05 bits per heavy atom. The summed E-state index contributed by atoms with van der Waals surface area (Å²) in [4.78, 5) is 20.3. The smallest absolute Gasteiger partial charge is 0.317 e. The van der Waals surface area contributed by atoms with E-state index in [4.69, 9.17) is 4.74 Å². The van der Waals surface area contributed by atoms with Gasteiger partial charge in [0.05, 0.1) is 12.2 Å². The van der Waals surface area contributed by atoms with Gasteiger partial charge in [-0.25, -0.2) is 9.78 Å². The average molecular weight is 292 g/mol. The van der Waals surface area contributed by atoms with Gasteiger partial charge in [0.15, 0.2) is 0 Å². The Kier molecular flexibility index (Phi) is 5.01. The monoisotopic (exact) mass is 292 g/mol. The Bertz CT molecular complexity index is 465. The number of carbonyl (C=O) groups excluding carboxylic acids is 1. The second-order valence-electron chi connectivity index (χ2n) is 5.74. The first kappa shape index (κ1) is 15.6. The first-order valence-corrected chi connectivity index (χ1v) is 7.26. The van der Waals surface area contributed by atoms with Crippen molar-refractivity contribution in [2.75, 3.05) is 32.1 Å². The molecule has 21 heavy (non-hydrogen) atoms. The number of hydrogen-bond donors (Lipinski definition) is 1. The fourth-order valence-corrected chi connectivity index (χ4v) is 2.42. The molecular formula is C15H24N4O2. The molecule has 0 aliphatic carbocycles. The third-order valence-electron chi connectivity index (χ3n) is 3.42. The van der Waals surface area contributed by atoms with E-state index in [1.54, 1.807) is 11.1 Å². The summed E-state index contributed by atoms with van der Waals surface area (Å²) in [6.07, 6.45) is 1.96. The van der Waals surface area contributed by atoms with Crippen LogP contribution < -0.4 is 10.2 Å². The molecule has 2 heterocycles. The topological polar surface area (TPSA) is 57.7 Å². The highest BCUT2D eigenvalue weighted by atomic mass is 16.5. The van der Waals surface area contributed by atoms with Crippen LogP contribution >= 0.6 is 0 Å². The van der Waals surface area contributed by atoms with Crippen LogP contribution in [0.5, 0.6) is 0 Å². The van der Waals surface area contributed by atoms with Gasteiger partial charge >= 0.3 is 6.03 Å². The van der Waals surface area contributed by atoms with Gasteiger partial charge in [-0.3, -0.25) is 0 Å². The van der Waals surface area contributed by atoms with E-state index in [1.165, 1.54) is 0 Å². The highest BCUT2D eigenvalue weighted by Crippen LogP contribution is 2.11. The number of ether oxygens (including phenoxy) is 1. The van der Waals surface area contributed by atoms with Gasteiger partial charge in [-0.2, -0.15) is 0 Å². The molecule has 2 rings (SSSR count). The number of rotatable bonds is 3. The number of morpholine rings is 1. The van der Waals surface area contributed by atoms with Crippen LogP contribution in [-0.4, -0.2) is 55.3 Å². The van der Waals surface area contributed by atoms with Crippen LogP contribution in [0, 0.1) is 0 Å². The lowest BCUT2D eigenvalue weighted by Gasteiger charge is -2.35. The van der Waals surface area contributed by atoms with Crippen molar-refractivity contribution in [2.24, 2.45) is 0 Å². The summed E-state index contributed by atoms with van der Waals surface area (Å²) >= 11 is 0. The largest absolute Gasteiger partial charge is 0.372 e. The minimum atomic E-state index is -0.0475. The average Bonchev–Trinajstić information content (AvgIpc) is 2.44. The van der Waals surface area contributed by atoms with Gasteiger partial charge in [-0.05, 0) is 25.5 Å². The van der Waals surface area contributed by atoms with Gasteiger partial charge in [0, 0.05) is 39.9 Å². The summed E-state index contributed by atoms with van der Waals surface area (Å²) in [5.74, 6) is 0.904. The molecule has 0 spiro atoms. The van der Waals surface area contributed by atoms with Crippen molar-refractivity contribution in [2.45, 2.75) is 32.6 Å². The molecule has 6 heteroatoms. The maximum absolute atomic E-state index is 12.2. The highest BCUT2D eigenvalue weighted by Gasteiger charge is 2.25. The van der Waals surface area contributed by atoms with Gasteiger partial charge < -0.3 is 19.9 Å². The number of amides is 2. The van der Waals surface area contributed by atoms with Crippen LogP contribution in [0.3, 0.4) is 0 Å². The SMILES string of the molecule is C[C@@H]1CN(C(=O)NCc2ccc(N(C)C)nc2)C[C@H](C)O1. The fourth-order valence-electron chi connectivity index (χ4n) is 2.42. The Morgan fingerprint density at radius 1 is 1.38 bits per heavy atom. The molecule has 1 aromatic rings. The number of nitrogens with one attached hydrogen (secondary N) is 1. The van der Waals surface area contributed by atoms with Crippen LogP contribution in [0.4, 0.5) is 10.6 Å². The zero-order valence-corrected chi connectivity index (χ0v) is 13.2. The number of anilines is 1. The highest BCUT2D eigenvalue weighted by molar-refractivity contribution is 5.74. The van der Waals surface area contributed by atoms with E-state index >= 15 is 0 Å². The lowest BCUT2D eigenvalue weighted by Crippen LogP contribution is -2.51. The summed E-state index contributed by atoms with van der Waals surface area (Å²) < 4.78 is 5.63. The molecule has 2 amide bonds. The lowest BCUT2D eigenvalue weighted by molar-refractivity contribution is -0.0545. The van der Waals surface area contributed by atoms with Crippen molar-refractivity contribution >= 4 is 11.8 Å². The summed E-state index contributed by atoms with van der Waals surface area (Å²) in [6.45, 7) is 5.72. The molecule has 0 radical (unpaired) electrons. The van der Waals surface area contributed by atoms with E-state index in [9.17, 15) is 4.79 Å². The van der Waals surface area contributed by atoms with Crippen LogP contribution in [0.1, 0.15) is 19.4 Å². The van der Waals surface area contributed by atoms with E-state index in [0.29, 0.717) is 19.6 Å². The van der Waals surface area contributed by atoms with E-state index in [0.717, 1.165) is 11.4 Å². The normalized spacial score (nSPS) is 22.0. The van der Waals surface area contributed by atoms with Crippen molar-refractivity contribution < 1.29 is 9.53 Å². The molecule has 1 fully saturated rings. The molecule has 0 bridgehead atoms. The first-order chi connectivity index (χ1) is 9.95. The third-order valence-corrected chi connectivity index (χ3v) is 3.42. The summed E-state index contributed by atoms with van der Waals surface area (Å²) in [5.41, 5.74) is 0.989. The zero-order chi connectivity index (χ0) is 15.4. The Balaban J connectivity index is 1.86. The Labute approximate surface area is 126 Å². The van der Waals surface area contributed by atoms with Gasteiger partial charge in [0.1, 0.15) is 5.82 Å². The molecule has 2 atom stereocenters. The third kappa shape index (κ3) is 4.32. The van der Waals surface area contributed by atoms with Gasteiger partial charge in [0.25, 0.3) is 0 Å². The van der Waals surface area contributed by atoms with Crippen molar-refractivity contribution in [1.29, 1.82) is 0 Å². The standard InChI is InChI=1S/C15H24N4O2/c1-11-9-19(10-12(2)21-11)15(20)17-8-13-5-6-14(16-7-13)18(3)4/h5-7,11-12H,8-10H2,1-4H3,(H,17,20)/t11-,12+. The van der Waals surface area contributed by atoms with Crippen molar-refractivity contribution in [3.63, 3.8) is 0 Å². The molecule has 0 unspecified atom stereocenters. The fraction of sp³-hybridized carbons (Fsp3) is 0.600. The quantitative estimate of drug-likeness (QED) is 0.916. The zero-order valence-electron chi connectivity index (χ0n) is 13.2. The number of urea groups is 1. The van der Waals surface area contributed by atoms with Crippen LogP contribution in [0.2, 0.25) is 0 Å². The van der Waals surface area contributed by atoms with Crippen molar-refractivity contribution in [3.8, 4) is 0 Å². The lowest BCUT2D eigenvalue weighted by atomic mass is 10.2. The predicted molar refractivity (Wildman–Crippen MR) is 82.4 cm³/mol. The van der Waals surface area contributed by atoms with Crippen molar-refractivity contribution in [1.82, 2.24) is 15.2 Å². The van der Waals surface area contributed by atoms with E-state index in [1.807, 2.05) is 45.0 Å². The molecule has 1 N–H and O–H groups in total. The van der Waals surface area contributed by atoms with E-state index in [-0.39, 0.29) is 18.2 Å². The molecule has 6 nitrogen and oxygen atoms in total. The van der Waals surface area contributed by atoms with Gasteiger partial charge in [-0.15, -0.1) is 0 Å². The minimum Gasteiger partial charge on any atom is -0.372 e. The molecule has 1 aliphatic heterocycles. The van der Waals surface area contributed by atoms with E-state index < -0.39 is 0 Å². The maximum atomic E-state index is 12.2. The van der Waals surface area contributed by atoms with Crippen LogP contribution in [0.15, 0.2) is 18.3 Å². The van der Waals surface area contributed by atoms with Crippen LogP contribution in [0.25, 0.3) is 0 Å². The summed E-state index contributed by atoms with van der Waals surface area (Å²) in [6, 6.07) is 3.88. The summed E-state index contributed by atoms with van der Waals surface area (Å²) in [5, 5.41) is 2.94. The molecule has 0 aromatic carbocycles. The Hall–Kier alpha value is -1.82. The molecular weight excluding hydrogens is 268 g/mol. The second-order valence-corrected chi connectivity index (χ2v) is 5.74. The maximum Gasteiger partial charge on any atom is 0.317 e. The first-order valence-electron chi connectivity index (χ1n) is 7.26. The number of aromatic nitrogens is 1. The molecule has 0 saturated carbocycles.